The highest BCUT2D eigenvalue weighted by atomic mass is 16.2. The third-order valence-electron chi connectivity index (χ3n) is 3.73. The molecule has 2 N–H and O–H groups in total. The number of carbonyl (C=O) groups excluding carboxylic acids is 1. The van der Waals surface area contributed by atoms with Crippen LogP contribution in [0.2, 0.25) is 0 Å². The number of likely N-dealkylation sites (tertiary alicyclic amines) is 1. The van der Waals surface area contributed by atoms with Crippen LogP contribution in [0.3, 0.4) is 0 Å². The van der Waals surface area contributed by atoms with Gasteiger partial charge >= 0.3 is 0 Å². The first kappa shape index (κ1) is 13.4. The molecule has 1 saturated carbocycles. The first-order chi connectivity index (χ1) is 8.78. The van der Waals surface area contributed by atoms with E-state index in [1.165, 1.54) is 19.4 Å². The number of hydrogen-bond acceptors (Lipinski definition) is 3. The summed E-state index contributed by atoms with van der Waals surface area (Å²) >= 11 is 0. The zero-order valence-corrected chi connectivity index (χ0v) is 11.0. The Labute approximate surface area is 109 Å². The van der Waals surface area contributed by atoms with Gasteiger partial charge in [-0.1, -0.05) is 5.92 Å². The molecule has 0 aromatic rings. The van der Waals surface area contributed by atoms with E-state index < -0.39 is 0 Å². The van der Waals surface area contributed by atoms with Gasteiger partial charge < -0.3 is 10.6 Å². The molecule has 0 aromatic heterocycles. The van der Waals surface area contributed by atoms with Gasteiger partial charge in [0.15, 0.2) is 0 Å². The van der Waals surface area contributed by atoms with E-state index in [1.54, 1.807) is 0 Å². The summed E-state index contributed by atoms with van der Waals surface area (Å²) in [6.45, 7) is 4.01. The second-order valence-corrected chi connectivity index (χ2v) is 5.38. The number of amides is 1. The second kappa shape index (κ2) is 6.77. The summed E-state index contributed by atoms with van der Waals surface area (Å²) in [5, 5.41) is 6.34. The third-order valence-corrected chi connectivity index (χ3v) is 3.73. The van der Waals surface area contributed by atoms with Crippen molar-refractivity contribution in [2.75, 3.05) is 32.7 Å². The van der Waals surface area contributed by atoms with E-state index in [1.807, 2.05) is 0 Å². The van der Waals surface area contributed by atoms with E-state index in [0.717, 1.165) is 31.8 Å². The van der Waals surface area contributed by atoms with Crippen LogP contribution in [0, 0.1) is 18.3 Å². The molecule has 100 valence electrons. The molecule has 2 rings (SSSR count). The van der Waals surface area contributed by atoms with Crippen LogP contribution >= 0.6 is 0 Å². The first-order valence-electron chi connectivity index (χ1n) is 6.94. The largest absolute Gasteiger partial charge is 0.344 e. The van der Waals surface area contributed by atoms with Crippen LogP contribution in [-0.4, -0.2) is 49.6 Å². The number of nitrogens with one attached hydrogen (secondary N) is 2. The molecule has 2 aliphatic rings. The number of nitrogens with zero attached hydrogens (tertiary/aromatic N) is 1. The minimum Gasteiger partial charge on any atom is -0.344 e. The molecule has 0 spiro atoms. The topological polar surface area (TPSA) is 44.4 Å². The van der Waals surface area contributed by atoms with E-state index in [0.29, 0.717) is 19.1 Å². The lowest BCUT2D eigenvalue weighted by molar-refractivity contribution is -0.122. The van der Waals surface area contributed by atoms with Gasteiger partial charge in [0.1, 0.15) is 0 Å². The van der Waals surface area contributed by atoms with E-state index >= 15 is 0 Å². The Morgan fingerprint density at radius 3 is 2.61 bits per heavy atom. The zero-order chi connectivity index (χ0) is 12.8. The van der Waals surface area contributed by atoms with Gasteiger partial charge in [0.2, 0.25) is 5.91 Å². The Kier molecular flexibility index (Phi) is 5.03. The van der Waals surface area contributed by atoms with Crippen molar-refractivity contribution in [2.45, 2.75) is 31.7 Å². The molecule has 2 fully saturated rings. The van der Waals surface area contributed by atoms with Gasteiger partial charge in [-0.3, -0.25) is 9.69 Å². The second-order valence-electron chi connectivity index (χ2n) is 5.38. The van der Waals surface area contributed by atoms with Gasteiger partial charge in [0.05, 0.1) is 13.1 Å². The Morgan fingerprint density at radius 1 is 1.28 bits per heavy atom. The average molecular weight is 249 g/mol. The fourth-order valence-corrected chi connectivity index (χ4v) is 2.36. The van der Waals surface area contributed by atoms with Crippen molar-refractivity contribution in [3.05, 3.63) is 0 Å². The van der Waals surface area contributed by atoms with E-state index in [4.69, 9.17) is 6.42 Å². The van der Waals surface area contributed by atoms with Crippen molar-refractivity contribution in [1.29, 1.82) is 0 Å². The Bertz CT molecular complexity index is 311. The van der Waals surface area contributed by atoms with Gasteiger partial charge in [-0.05, 0) is 38.1 Å². The van der Waals surface area contributed by atoms with Crippen molar-refractivity contribution in [1.82, 2.24) is 15.5 Å². The number of rotatable bonds is 6. The highest BCUT2D eigenvalue weighted by Gasteiger charge is 2.24. The van der Waals surface area contributed by atoms with Crippen molar-refractivity contribution in [3.8, 4) is 12.3 Å². The summed E-state index contributed by atoms with van der Waals surface area (Å²) in [4.78, 5) is 13.7. The predicted molar refractivity (Wildman–Crippen MR) is 72.0 cm³/mol. The van der Waals surface area contributed by atoms with Gasteiger partial charge in [0, 0.05) is 19.1 Å². The maximum atomic E-state index is 11.5. The number of carbonyl (C=O) groups is 1. The van der Waals surface area contributed by atoms with Gasteiger partial charge in [0.25, 0.3) is 0 Å². The predicted octanol–water partition coefficient (Wildman–Crippen LogP) is 0.200. The SMILES string of the molecule is C#CCNC(=O)CN1CCC(NCC2CC2)CC1. The maximum absolute atomic E-state index is 11.5. The molecular weight excluding hydrogens is 226 g/mol. The molecule has 0 bridgehead atoms. The van der Waals surface area contributed by atoms with Crippen LogP contribution in [0.1, 0.15) is 25.7 Å². The van der Waals surface area contributed by atoms with Gasteiger partial charge in [-0.25, -0.2) is 0 Å². The highest BCUT2D eigenvalue weighted by Crippen LogP contribution is 2.28. The van der Waals surface area contributed by atoms with Crippen LogP contribution in [0.4, 0.5) is 0 Å². The zero-order valence-electron chi connectivity index (χ0n) is 11.0. The monoisotopic (exact) mass is 249 g/mol. The molecule has 4 nitrogen and oxygen atoms in total. The Balaban J connectivity index is 1.57. The number of piperidine rings is 1. The quantitative estimate of drug-likeness (QED) is 0.661. The Morgan fingerprint density at radius 2 is 2.00 bits per heavy atom. The Hall–Kier alpha value is -1.05. The van der Waals surface area contributed by atoms with E-state index in [-0.39, 0.29) is 5.91 Å². The normalized spacial score (nSPS) is 21.5. The third kappa shape index (κ3) is 4.67. The molecule has 1 saturated heterocycles. The molecular formula is C14H23N3O. The summed E-state index contributed by atoms with van der Waals surface area (Å²) in [5.41, 5.74) is 0. The van der Waals surface area contributed by atoms with Gasteiger partial charge in [-0.2, -0.15) is 0 Å². The number of terminal acetylenes is 1. The number of hydrogen-bond donors (Lipinski definition) is 2. The van der Waals surface area contributed by atoms with Crippen LogP contribution in [0.15, 0.2) is 0 Å². The minimum absolute atomic E-state index is 0.0392. The smallest absolute Gasteiger partial charge is 0.234 e. The average Bonchev–Trinajstić information content (AvgIpc) is 3.20. The molecule has 18 heavy (non-hydrogen) atoms. The molecule has 1 heterocycles. The lowest BCUT2D eigenvalue weighted by Crippen LogP contribution is -2.46. The summed E-state index contributed by atoms with van der Waals surface area (Å²) in [5.74, 6) is 3.40. The highest BCUT2D eigenvalue weighted by molar-refractivity contribution is 5.78. The summed E-state index contributed by atoms with van der Waals surface area (Å²) < 4.78 is 0. The molecule has 0 atom stereocenters. The van der Waals surface area contributed by atoms with Crippen molar-refractivity contribution in [3.63, 3.8) is 0 Å². The van der Waals surface area contributed by atoms with Crippen molar-refractivity contribution >= 4 is 5.91 Å². The summed E-state index contributed by atoms with van der Waals surface area (Å²) in [6.07, 6.45) is 10.2. The minimum atomic E-state index is 0.0392. The fourth-order valence-electron chi connectivity index (χ4n) is 2.36. The first-order valence-corrected chi connectivity index (χ1v) is 6.94. The van der Waals surface area contributed by atoms with Crippen molar-refractivity contribution < 1.29 is 4.79 Å². The molecule has 1 aliphatic heterocycles. The molecule has 0 unspecified atom stereocenters. The molecule has 4 heteroatoms. The lowest BCUT2D eigenvalue weighted by Gasteiger charge is -2.32. The van der Waals surface area contributed by atoms with E-state index in [9.17, 15) is 4.79 Å². The molecule has 1 aliphatic carbocycles. The van der Waals surface area contributed by atoms with Crippen LogP contribution in [0.25, 0.3) is 0 Å². The fraction of sp³-hybridized carbons (Fsp3) is 0.786. The molecule has 0 aromatic carbocycles. The molecule has 0 radical (unpaired) electrons. The maximum Gasteiger partial charge on any atom is 0.234 e. The summed E-state index contributed by atoms with van der Waals surface area (Å²) in [6, 6.07) is 0.649. The van der Waals surface area contributed by atoms with Crippen LogP contribution in [0.5, 0.6) is 0 Å². The van der Waals surface area contributed by atoms with Gasteiger partial charge in [-0.15, -0.1) is 6.42 Å². The van der Waals surface area contributed by atoms with Crippen molar-refractivity contribution in [2.24, 2.45) is 5.92 Å². The van der Waals surface area contributed by atoms with Crippen LogP contribution < -0.4 is 10.6 Å². The lowest BCUT2D eigenvalue weighted by atomic mass is 10.0. The summed E-state index contributed by atoms with van der Waals surface area (Å²) in [7, 11) is 0. The standard InChI is InChI=1S/C14H23N3O/c1-2-7-15-14(18)11-17-8-5-13(6-9-17)16-10-12-3-4-12/h1,12-13,16H,3-11H2,(H,15,18). The molecule has 1 amide bonds. The van der Waals surface area contributed by atoms with E-state index in [2.05, 4.69) is 21.5 Å². The van der Waals surface area contributed by atoms with Crippen LogP contribution in [-0.2, 0) is 4.79 Å².